The van der Waals surface area contributed by atoms with Crippen LogP contribution in [0.25, 0.3) is 0 Å². The Kier molecular flexibility index (Phi) is 13.9. The van der Waals surface area contributed by atoms with E-state index < -0.39 is 0 Å². The van der Waals surface area contributed by atoms with Gasteiger partial charge < -0.3 is 6.15 Å². The standard InChI is InChI=1S/C18H28OSe.H3N/c19-18(20)16-12-7-5-3-1-2-4-6-9-13-17-14-10-8-11-15-17;/h8,10-11,14-15H,1-7,9,12-13,16H2,(H,19,20);1H3. The first kappa shape index (κ1) is 20.4. The first-order valence-electron chi connectivity index (χ1n) is 8.03. The van der Waals surface area contributed by atoms with Crippen LogP contribution in [0.3, 0.4) is 0 Å². The van der Waals surface area contributed by atoms with Crippen LogP contribution in [0.1, 0.15) is 69.8 Å². The summed E-state index contributed by atoms with van der Waals surface area (Å²) in [6.45, 7) is 0. The van der Waals surface area contributed by atoms with Gasteiger partial charge in [-0.25, -0.2) is 0 Å². The molecular weight excluding hydrogens is 325 g/mol. The molecule has 0 aliphatic carbocycles. The Morgan fingerprint density at radius 1 is 0.762 bits per heavy atom. The Morgan fingerprint density at radius 2 is 1.24 bits per heavy atom. The molecule has 3 heteroatoms. The minimum Gasteiger partial charge on any atom is -0.369 e. The van der Waals surface area contributed by atoms with Crippen LogP contribution < -0.4 is 6.15 Å². The van der Waals surface area contributed by atoms with Gasteiger partial charge in [0.25, 0.3) is 0 Å². The van der Waals surface area contributed by atoms with E-state index in [2.05, 4.69) is 46.3 Å². The Morgan fingerprint density at radius 3 is 1.76 bits per heavy atom. The average molecular weight is 356 g/mol. The number of quaternary nitrogens is 1. The number of carbonyl (C=O) groups is 1. The Hall–Kier alpha value is -0.631. The Balaban J connectivity index is 0.00000400. The molecule has 0 atom stereocenters. The number of benzene rings is 1. The molecule has 0 amide bonds. The van der Waals surface area contributed by atoms with E-state index in [1.54, 1.807) is 0 Å². The normalized spacial score (nSPS) is 10.1. The van der Waals surface area contributed by atoms with Crippen LogP contribution in [0.15, 0.2) is 30.3 Å². The van der Waals surface area contributed by atoms with Crippen molar-refractivity contribution in [2.24, 2.45) is 0 Å². The summed E-state index contributed by atoms with van der Waals surface area (Å²) in [6, 6.07) is 10.8. The summed E-state index contributed by atoms with van der Waals surface area (Å²) in [6.07, 6.45) is 13.6. The van der Waals surface area contributed by atoms with Crippen LogP contribution in [-0.4, -0.2) is 20.7 Å². The Bertz CT molecular complexity index is 353. The molecule has 0 fully saturated rings. The topological polar surface area (TPSA) is 53.6 Å². The second-order valence-electron chi connectivity index (χ2n) is 5.54. The zero-order chi connectivity index (χ0) is 14.5. The number of aryl methyl sites for hydroxylation is 1. The molecule has 0 aliphatic rings. The van der Waals surface area contributed by atoms with Crippen LogP contribution in [0.5, 0.6) is 0 Å². The number of carbonyl (C=O) groups excluding carboxylic acids is 1. The van der Waals surface area contributed by atoms with Gasteiger partial charge in [0.15, 0.2) is 0 Å². The summed E-state index contributed by atoms with van der Waals surface area (Å²) in [7, 11) is 0. The quantitative estimate of drug-likeness (QED) is 0.406. The van der Waals surface area contributed by atoms with E-state index in [-0.39, 0.29) is 10.8 Å². The van der Waals surface area contributed by atoms with Crippen LogP contribution in [-0.2, 0) is 11.2 Å². The predicted octanol–water partition coefficient (Wildman–Crippen LogP) is 5.20. The van der Waals surface area contributed by atoms with Crippen molar-refractivity contribution in [3.63, 3.8) is 0 Å². The maximum atomic E-state index is 10.7. The van der Waals surface area contributed by atoms with Crippen molar-refractivity contribution >= 4 is 20.7 Å². The molecule has 120 valence electrons. The zero-order valence-electron chi connectivity index (χ0n) is 13.5. The van der Waals surface area contributed by atoms with Crippen molar-refractivity contribution in [3.05, 3.63) is 35.9 Å². The number of hydrogen-bond donors (Lipinski definition) is 1. The molecule has 0 saturated heterocycles. The summed E-state index contributed by atoms with van der Waals surface area (Å²) < 4.78 is 0.211. The summed E-state index contributed by atoms with van der Waals surface area (Å²) in [5.41, 5.74) is 1.47. The van der Waals surface area contributed by atoms with E-state index in [1.165, 1.54) is 63.4 Å². The van der Waals surface area contributed by atoms with Crippen molar-refractivity contribution in [3.8, 4) is 0 Å². The molecule has 0 saturated carbocycles. The number of unbranched alkanes of at least 4 members (excludes halogenated alkanes) is 8. The van der Waals surface area contributed by atoms with Crippen molar-refractivity contribution in [2.45, 2.75) is 70.6 Å². The van der Waals surface area contributed by atoms with Gasteiger partial charge in [0.2, 0.25) is 0 Å². The predicted molar refractivity (Wildman–Crippen MR) is 93.1 cm³/mol. The van der Waals surface area contributed by atoms with Crippen LogP contribution in [0.4, 0.5) is 0 Å². The zero-order valence-corrected chi connectivity index (χ0v) is 15.2. The molecule has 0 unspecified atom stereocenters. The van der Waals surface area contributed by atoms with E-state index in [9.17, 15) is 4.79 Å². The van der Waals surface area contributed by atoms with Gasteiger partial charge in [0.1, 0.15) is 0 Å². The van der Waals surface area contributed by atoms with Crippen LogP contribution >= 0.6 is 0 Å². The number of rotatable bonds is 12. The fourth-order valence-electron chi connectivity index (χ4n) is 2.48. The second kappa shape index (κ2) is 14.3. The molecular formula is C18H31NOSe. The van der Waals surface area contributed by atoms with Gasteiger partial charge in [-0.3, -0.25) is 0 Å². The van der Waals surface area contributed by atoms with Gasteiger partial charge in [0, 0.05) is 0 Å². The van der Waals surface area contributed by atoms with Gasteiger partial charge in [-0.15, -0.1) is 0 Å². The van der Waals surface area contributed by atoms with Gasteiger partial charge in [-0.05, 0) is 5.56 Å². The smallest absolute Gasteiger partial charge is 0.369 e. The van der Waals surface area contributed by atoms with Crippen LogP contribution in [0, 0.1) is 0 Å². The van der Waals surface area contributed by atoms with Gasteiger partial charge in [-0.2, -0.15) is 0 Å². The van der Waals surface area contributed by atoms with E-state index >= 15 is 0 Å². The molecule has 1 rings (SSSR count). The van der Waals surface area contributed by atoms with Gasteiger partial charge in [-0.1, -0.05) is 30.3 Å². The third kappa shape index (κ3) is 12.8. The van der Waals surface area contributed by atoms with Crippen molar-refractivity contribution < 1.29 is 4.79 Å². The minimum absolute atomic E-state index is 0. The molecule has 0 bridgehead atoms. The Labute approximate surface area is 138 Å². The van der Waals surface area contributed by atoms with E-state index in [1.807, 2.05) is 0 Å². The summed E-state index contributed by atoms with van der Waals surface area (Å²) in [4.78, 5) is 10.7. The first-order valence-corrected chi connectivity index (χ1v) is 8.88. The molecule has 0 spiro atoms. The summed E-state index contributed by atoms with van der Waals surface area (Å²) in [5.74, 6) is 0. The average Bonchev–Trinajstić information content (AvgIpc) is 2.45. The molecule has 0 aromatic heterocycles. The second-order valence-corrected chi connectivity index (χ2v) is 6.49. The van der Waals surface area contributed by atoms with Gasteiger partial charge in [0.05, 0.1) is 0 Å². The van der Waals surface area contributed by atoms with Crippen molar-refractivity contribution in [1.82, 2.24) is 6.15 Å². The third-order valence-electron chi connectivity index (χ3n) is 3.69. The molecule has 0 radical (unpaired) electrons. The molecule has 1 aromatic rings. The molecule has 1 aromatic carbocycles. The summed E-state index contributed by atoms with van der Waals surface area (Å²) >= 11 is 2.54. The first-order chi connectivity index (χ1) is 9.79. The van der Waals surface area contributed by atoms with Crippen LogP contribution in [0.2, 0.25) is 0 Å². The van der Waals surface area contributed by atoms with Gasteiger partial charge >= 0.3 is 96.1 Å². The van der Waals surface area contributed by atoms with E-state index in [4.69, 9.17) is 0 Å². The van der Waals surface area contributed by atoms with E-state index in [0.717, 1.165) is 12.8 Å². The molecule has 2 nitrogen and oxygen atoms in total. The molecule has 21 heavy (non-hydrogen) atoms. The van der Waals surface area contributed by atoms with E-state index in [0.29, 0.717) is 0 Å². The minimum atomic E-state index is 0. The fraction of sp³-hybridized carbons (Fsp3) is 0.611. The monoisotopic (exact) mass is 357 g/mol. The fourth-order valence-corrected chi connectivity index (χ4v) is 2.78. The summed E-state index contributed by atoms with van der Waals surface area (Å²) in [5, 5.41) is 0. The van der Waals surface area contributed by atoms with Crippen molar-refractivity contribution in [1.29, 1.82) is 0 Å². The third-order valence-corrected chi connectivity index (χ3v) is 4.12. The number of hydrogen-bond acceptors (Lipinski definition) is 1. The molecule has 0 aliphatic heterocycles. The van der Waals surface area contributed by atoms with Crippen molar-refractivity contribution in [2.75, 3.05) is 0 Å². The molecule has 4 N–H and O–H groups in total. The molecule has 0 heterocycles. The SMILES string of the molecule is O=C([Se-])CCCCCCCCCCCc1ccccc1.[NH4+]. The maximum absolute atomic E-state index is 10.7.